The Morgan fingerprint density at radius 2 is 0.985 bits per heavy atom. The summed E-state index contributed by atoms with van der Waals surface area (Å²) in [7, 11) is 0. The minimum atomic E-state index is -1.16. The summed E-state index contributed by atoms with van der Waals surface area (Å²) < 4.78 is 21.5. The lowest BCUT2D eigenvalue weighted by atomic mass is 9.82. The first-order valence-electron chi connectivity index (χ1n) is 24.7. The fourth-order valence-electron chi connectivity index (χ4n) is 6.87. The maximum atomic E-state index is 12.4. The van der Waals surface area contributed by atoms with E-state index in [0.29, 0.717) is 38.8 Å². The standard InChI is InChI=1S/C49H87N3O14.H2/c1-39(53)40(36-43(55)49(2,3)4)22-19-20-28-50-45(57)37-66-35-33-64-31-29-51-46(58)38-65-34-32-63-30-21-23-41(54)26-27-42(48(61)62)52-44(56)24-17-15-13-11-9-7-5-6-8-10-12-14-16-18-25-47(59)60;/h40,42H,5-38H2,1-4H3,(H,50,57)(H,51,58)(H,52,56)(H,59,60)(H,61,62);1H/t40-,42+;/m1./s1. The van der Waals surface area contributed by atoms with E-state index in [1.165, 1.54) is 51.9 Å². The van der Waals surface area contributed by atoms with Crippen LogP contribution < -0.4 is 16.0 Å². The zero-order valence-electron chi connectivity index (χ0n) is 41.0. The summed E-state index contributed by atoms with van der Waals surface area (Å²) in [4.78, 5) is 95.1. The first-order valence-corrected chi connectivity index (χ1v) is 24.7. The van der Waals surface area contributed by atoms with E-state index in [1.54, 1.807) is 0 Å². The summed E-state index contributed by atoms with van der Waals surface area (Å²) in [5.41, 5.74) is -0.474. The van der Waals surface area contributed by atoms with Crippen LogP contribution in [-0.4, -0.2) is 129 Å². The van der Waals surface area contributed by atoms with Crippen LogP contribution in [-0.2, 0) is 57.3 Å². The van der Waals surface area contributed by atoms with Crippen molar-refractivity contribution in [1.82, 2.24) is 16.0 Å². The van der Waals surface area contributed by atoms with Gasteiger partial charge in [0, 0.05) is 64.6 Å². The van der Waals surface area contributed by atoms with Crippen LogP contribution in [0.25, 0.3) is 0 Å². The number of carboxylic acids is 2. The van der Waals surface area contributed by atoms with E-state index < -0.39 is 23.4 Å². The van der Waals surface area contributed by atoms with E-state index >= 15 is 0 Å². The molecule has 17 heteroatoms. The highest BCUT2D eigenvalue weighted by atomic mass is 16.5. The van der Waals surface area contributed by atoms with E-state index in [1.807, 2.05) is 20.8 Å². The number of rotatable bonds is 47. The van der Waals surface area contributed by atoms with Crippen molar-refractivity contribution in [3.63, 3.8) is 0 Å². The quantitative estimate of drug-likeness (QED) is 0.0388. The summed E-state index contributed by atoms with van der Waals surface area (Å²) in [6, 6.07) is -1.11. The van der Waals surface area contributed by atoms with E-state index in [-0.39, 0.29) is 134 Å². The maximum absolute atomic E-state index is 12.4. The van der Waals surface area contributed by atoms with Gasteiger partial charge in [0.15, 0.2) is 0 Å². The molecule has 0 heterocycles. The topological polar surface area (TPSA) is 250 Å². The molecule has 3 amide bonds. The monoisotopic (exact) mass is 944 g/mol. The SMILES string of the molecule is CC(=O)[C@H](CCCCNC(=O)COCCOCCNC(=O)COCCOCCCC(=O)CC[C@H](NC(=O)CCCCCCCCCCCCCCCCC(=O)O)C(=O)O)CC(=O)C(C)(C)C.[HH]. The molecule has 5 N–H and O–H groups in total. The number of nitrogens with one attached hydrogen (secondary N) is 3. The number of carbonyl (C=O) groups is 8. The van der Waals surface area contributed by atoms with Crippen LogP contribution in [0.2, 0.25) is 0 Å². The fraction of sp³-hybridized carbons (Fsp3) is 0.837. The number of ketones is 3. The van der Waals surface area contributed by atoms with Crippen LogP contribution >= 0.6 is 0 Å². The van der Waals surface area contributed by atoms with Gasteiger partial charge in [-0.2, -0.15) is 0 Å². The second kappa shape index (κ2) is 41.4. The molecule has 0 spiro atoms. The molecule has 384 valence electrons. The number of hydrogen-bond acceptors (Lipinski definition) is 12. The van der Waals surface area contributed by atoms with Crippen molar-refractivity contribution in [2.75, 3.05) is 65.9 Å². The highest BCUT2D eigenvalue weighted by Crippen LogP contribution is 2.23. The molecule has 0 saturated carbocycles. The summed E-state index contributed by atoms with van der Waals surface area (Å²) in [5, 5.41) is 26.2. The Morgan fingerprint density at radius 1 is 0.500 bits per heavy atom. The first kappa shape index (κ1) is 62.2. The minimum absolute atomic E-state index is 0. The van der Waals surface area contributed by atoms with Crippen LogP contribution in [0.3, 0.4) is 0 Å². The molecule has 17 nitrogen and oxygen atoms in total. The molecule has 0 unspecified atom stereocenters. The highest BCUT2D eigenvalue weighted by Gasteiger charge is 2.26. The molecule has 2 atom stereocenters. The number of amides is 3. The number of hydrogen-bond donors (Lipinski definition) is 5. The third kappa shape index (κ3) is 40.5. The summed E-state index contributed by atoms with van der Waals surface area (Å²) in [6.07, 6.45) is 18.6. The second-order valence-corrected chi connectivity index (χ2v) is 18.2. The molecule has 0 fully saturated rings. The molecule has 0 aliphatic carbocycles. The fourth-order valence-corrected chi connectivity index (χ4v) is 6.87. The molecule has 0 aliphatic heterocycles. The van der Waals surface area contributed by atoms with Crippen molar-refractivity contribution >= 4 is 47.0 Å². The second-order valence-electron chi connectivity index (χ2n) is 18.2. The smallest absolute Gasteiger partial charge is 0.326 e. The van der Waals surface area contributed by atoms with Gasteiger partial charge < -0.3 is 45.1 Å². The van der Waals surface area contributed by atoms with Gasteiger partial charge >= 0.3 is 11.9 Å². The largest absolute Gasteiger partial charge is 0.481 e. The minimum Gasteiger partial charge on any atom is -0.481 e. The Hall–Kier alpha value is -3.80. The number of Topliss-reactive ketones (excluding diaryl/α,β-unsaturated/α-hetero) is 3. The average molecular weight is 944 g/mol. The third-order valence-corrected chi connectivity index (χ3v) is 11.1. The van der Waals surface area contributed by atoms with Gasteiger partial charge in [-0.05, 0) is 45.4 Å². The lowest BCUT2D eigenvalue weighted by molar-refractivity contribution is -0.142. The number of carboxylic acid groups (broad SMARTS) is 2. The molecule has 66 heavy (non-hydrogen) atoms. The Kier molecular flexibility index (Phi) is 39.0. The molecule has 0 rings (SSSR count). The Labute approximate surface area is 396 Å². The molecular weight excluding hydrogens is 855 g/mol. The van der Waals surface area contributed by atoms with Gasteiger partial charge in [0.25, 0.3) is 0 Å². The van der Waals surface area contributed by atoms with Crippen molar-refractivity contribution in [2.45, 2.75) is 188 Å². The Balaban J connectivity index is 0. The van der Waals surface area contributed by atoms with Crippen molar-refractivity contribution in [3.05, 3.63) is 0 Å². The predicted octanol–water partition coefficient (Wildman–Crippen LogP) is 6.94. The average Bonchev–Trinajstić information content (AvgIpc) is 3.25. The van der Waals surface area contributed by atoms with Gasteiger partial charge in [0.1, 0.15) is 36.6 Å². The first-order chi connectivity index (χ1) is 31.5. The van der Waals surface area contributed by atoms with E-state index in [9.17, 15) is 43.5 Å². The molecule has 0 bridgehead atoms. The van der Waals surface area contributed by atoms with Crippen molar-refractivity contribution in [2.24, 2.45) is 11.3 Å². The van der Waals surface area contributed by atoms with Gasteiger partial charge in [0.05, 0.1) is 33.0 Å². The predicted molar refractivity (Wildman–Crippen MR) is 253 cm³/mol. The lowest BCUT2D eigenvalue weighted by Gasteiger charge is -2.20. The number of aliphatic carboxylic acids is 2. The van der Waals surface area contributed by atoms with Crippen LogP contribution in [0.1, 0.15) is 183 Å². The van der Waals surface area contributed by atoms with Crippen molar-refractivity contribution in [3.8, 4) is 0 Å². The van der Waals surface area contributed by atoms with Crippen LogP contribution in [0, 0.1) is 11.3 Å². The Bertz CT molecular complexity index is 1380. The van der Waals surface area contributed by atoms with Gasteiger partial charge in [-0.1, -0.05) is 104 Å². The zero-order valence-corrected chi connectivity index (χ0v) is 41.0. The molecule has 0 radical (unpaired) electrons. The van der Waals surface area contributed by atoms with Crippen molar-refractivity contribution < 1.29 is 68.9 Å². The zero-order chi connectivity index (χ0) is 49.3. The third-order valence-electron chi connectivity index (χ3n) is 11.1. The normalized spacial score (nSPS) is 12.3. The van der Waals surface area contributed by atoms with E-state index in [2.05, 4.69) is 16.0 Å². The van der Waals surface area contributed by atoms with E-state index in [0.717, 1.165) is 44.9 Å². The maximum Gasteiger partial charge on any atom is 0.326 e. The van der Waals surface area contributed by atoms with Gasteiger partial charge in [0.2, 0.25) is 17.7 Å². The highest BCUT2D eigenvalue weighted by molar-refractivity contribution is 5.89. The summed E-state index contributed by atoms with van der Waals surface area (Å²) >= 11 is 0. The Morgan fingerprint density at radius 3 is 1.48 bits per heavy atom. The summed E-state index contributed by atoms with van der Waals surface area (Å²) in [6.45, 7) is 8.95. The number of unbranched alkanes of at least 4 members (excludes halogenated alkanes) is 14. The molecule has 0 aromatic rings. The molecular formula is C49H89N3O14. The van der Waals surface area contributed by atoms with Gasteiger partial charge in [-0.3, -0.25) is 33.6 Å². The van der Waals surface area contributed by atoms with Gasteiger partial charge in [-0.15, -0.1) is 0 Å². The molecule has 0 saturated heterocycles. The van der Waals surface area contributed by atoms with Crippen LogP contribution in [0.4, 0.5) is 0 Å². The molecule has 0 aromatic carbocycles. The van der Waals surface area contributed by atoms with E-state index in [4.69, 9.17) is 24.1 Å². The van der Waals surface area contributed by atoms with Crippen molar-refractivity contribution in [1.29, 1.82) is 0 Å². The summed E-state index contributed by atoms with van der Waals surface area (Å²) in [5.74, 6) is -3.08. The number of carbonyl (C=O) groups excluding carboxylic acids is 6. The lowest BCUT2D eigenvalue weighted by Crippen LogP contribution is -2.41. The molecule has 0 aromatic heterocycles. The molecule has 0 aliphatic rings. The number of ether oxygens (including phenoxy) is 4. The van der Waals surface area contributed by atoms with Crippen LogP contribution in [0.15, 0.2) is 0 Å². The van der Waals surface area contributed by atoms with Gasteiger partial charge in [-0.25, -0.2) is 4.79 Å². The van der Waals surface area contributed by atoms with Crippen LogP contribution in [0.5, 0.6) is 0 Å².